The fourth-order valence-corrected chi connectivity index (χ4v) is 4.95. The van der Waals surface area contributed by atoms with Gasteiger partial charge < -0.3 is 9.80 Å². The number of hydrogen-bond acceptors (Lipinski definition) is 3. The van der Waals surface area contributed by atoms with Gasteiger partial charge in [0.05, 0.1) is 6.04 Å². The lowest BCUT2D eigenvalue weighted by Crippen LogP contribution is -2.52. The predicted octanol–water partition coefficient (Wildman–Crippen LogP) is 3.86. The van der Waals surface area contributed by atoms with Gasteiger partial charge in [-0.1, -0.05) is 78.9 Å². The van der Waals surface area contributed by atoms with Crippen molar-refractivity contribution in [1.29, 1.82) is 0 Å². The molecule has 0 radical (unpaired) electrons. The molecule has 2 saturated heterocycles. The lowest BCUT2D eigenvalue weighted by Gasteiger charge is -2.40. The molecule has 6 heteroatoms. The Hall–Kier alpha value is -3.64. The number of nitrogens with zero attached hydrogens (tertiary/aromatic N) is 4. The molecule has 0 aliphatic carbocycles. The molecule has 3 aromatic rings. The number of urea groups is 1. The first-order valence-corrected chi connectivity index (χ1v) is 11.9. The fraction of sp³-hybridized carbons (Fsp3) is 0.286. The normalized spacial score (nSPS) is 17.0. The molecule has 2 heterocycles. The SMILES string of the molecule is O=C(CN1CCN(c2ccccc2)C1=O)N1CCN(C(c2ccccc2)c2ccccc2)CC1. The Bertz CT molecular complexity index is 1060. The molecule has 174 valence electrons. The quantitative estimate of drug-likeness (QED) is 0.568. The maximum atomic E-state index is 13.1. The Labute approximate surface area is 201 Å². The van der Waals surface area contributed by atoms with Crippen molar-refractivity contribution < 1.29 is 9.59 Å². The van der Waals surface area contributed by atoms with Gasteiger partial charge in [0, 0.05) is 45.0 Å². The van der Waals surface area contributed by atoms with Crippen LogP contribution < -0.4 is 4.90 Å². The minimum atomic E-state index is -0.0913. The summed E-state index contributed by atoms with van der Waals surface area (Å²) >= 11 is 0. The molecule has 0 spiro atoms. The standard InChI is InChI=1S/C28H30N4O2/c33-26(22-31-20-21-32(28(31)34)25-14-8-3-9-15-25)29-16-18-30(19-17-29)27(23-10-4-1-5-11-23)24-12-6-2-7-13-24/h1-15,27H,16-22H2. The Morgan fingerprint density at radius 2 is 1.21 bits per heavy atom. The van der Waals surface area contributed by atoms with Crippen LogP contribution in [0.25, 0.3) is 0 Å². The van der Waals surface area contributed by atoms with Gasteiger partial charge in [-0.2, -0.15) is 0 Å². The van der Waals surface area contributed by atoms with E-state index in [1.807, 2.05) is 47.4 Å². The van der Waals surface area contributed by atoms with E-state index in [2.05, 4.69) is 53.4 Å². The summed E-state index contributed by atoms with van der Waals surface area (Å²) in [6, 6.07) is 30.8. The van der Waals surface area contributed by atoms with Crippen molar-refractivity contribution in [3.63, 3.8) is 0 Å². The first kappa shape index (κ1) is 22.2. The van der Waals surface area contributed by atoms with Gasteiger partial charge in [0.1, 0.15) is 6.54 Å². The molecule has 34 heavy (non-hydrogen) atoms. The van der Waals surface area contributed by atoms with Gasteiger partial charge in [0.25, 0.3) is 0 Å². The second-order valence-electron chi connectivity index (χ2n) is 8.83. The highest BCUT2D eigenvalue weighted by Gasteiger charge is 2.33. The maximum absolute atomic E-state index is 13.1. The summed E-state index contributed by atoms with van der Waals surface area (Å²) in [4.78, 5) is 33.7. The fourth-order valence-electron chi connectivity index (χ4n) is 4.95. The van der Waals surface area contributed by atoms with Crippen LogP contribution in [0.15, 0.2) is 91.0 Å². The highest BCUT2D eigenvalue weighted by atomic mass is 16.2. The topological polar surface area (TPSA) is 47.1 Å². The predicted molar refractivity (Wildman–Crippen MR) is 134 cm³/mol. The smallest absolute Gasteiger partial charge is 0.325 e. The summed E-state index contributed by atoms with van der Waals surface area (Å²) < 4.78 is 0. The first-order chi connectivity index (χ1) is 16.7. The zero-order valence-corrected chi connectivity index (χ0v) is 19.3. The van der Waals surface area contributed by atoms with Gasteiger partial charge in [-0.3, -0.25) is 14.6 Å². The molecule has 0 N–H and O–H groups in total. The van der Waals surface area contributed by atoms with Crippen molar-refractivity contribution in [2.24, 2.45) is 0 Å². The molecule has 0 atom stereocenters. The van der Waals surface area contributed by atoms with E-state index in [4.69, 9.17) is 0 Å². The molecule has 5 rings (SSSR count). The zero-order valence-electron chi connectivity index (χ0n) is 19.3. The van der Waals surface area contributed by atoms with E-state index in [0.29, 0.717) is 26.2 Å². The summed E-state index contributed by atoms with van der Waals surface area (Å²) in [5, 5.41) is 0. The Kier molecular flexibility index (Phi) is 6.58. The largest absolute Gasteiger partial charge is 0.339 e. The number of amides is 3. The van der Waals surface area contributed by atoms with Crippen molar-refractivity contribution in [1.82, 2.24) is 14.7 Å². The Balaban J connectivity index is 1.21. The van der Waals surface area contributed by atoms with Crippen LogP contribution in [-0.2, 0) is 4.79 Å². The summed E-state index contributed by atoms with van der Waals surface area (Å²) in [6.07, 6.45) is 0. The van der Waals surface area contributed by atoms with Crippen LogP contribution in [0.4, 0.5) is 10.5 Å². The van der Waals surface area contributed by atoms with E-state index >= 15 is 0 Å². The molecule has 3 amide bonds. The van der Waals surface area contributed by atoms with Gasteiger partial charge in [-0.25, -0.2) is 4.79 Å². The Morgan fingerprint density at radius 3 is 1.76 bits per heavy atom. The average Bonchev–Trinajstić information content (AvgIpc) is 3.26. The van der Waals surface area contributed by atoms with Crippen LogP contribution in [-0.4, -0.2) is 72.5 Å². The lowest BCUT2D eigenvalue weighted by atomic mass is 9.96. The lowest BCUT2D eigenvalue weighted by molar-refractivity contribution is -0.133. The molecule has 2 fully saturated rings. The van der Waals surface area contributed by atoms with Crippen LogP contribution in [0.3, 0.4) is 0 Å². The van der Waals surface area contributed by atoms with Crippen molar-refractivity contribution in [2.45, 2.75) is 6.04 Å². The van der Waals surface area contributed by atoms with Crippen molar-refractivity contribution >= 4 is 17.6 Å². The number of anilines is 1. The number of piperazine rings is 1. The second-order valence-corrected chi connectivity index (χ2v) is 8.83. The minimum Gasteiger partial charge on any atom is -0.339 e. The molecule has 0 saturated carbocycles. The molecule has 2 aliphatic heterocycles. The van der Waals surface area contributed by atoms with Crippen LogP contribution >= 0.6 is 0 Å². The van der Waals surface area contributed by atoms with E-state index in [-0.39, 0.29) is 24.5 Å². The van der Waals surface area contributed by atoms with Gasteiger partial charge in [-0.05, 0) is 23.3 Å². The summed E-state index contributed by atoms with van der Waals surface area (Å²) in [5.74, 6) is 0.0267. The molecular formula is C28H30N4O2. The molecule has 0 unspecified atom stereocenters. The summed E-state index contributed by atoms with van der Waals surface area (Å²) in [7, 11) is 0. The average molecular weight is 455 g/mol. The minimum absolute atomic E-state index is 0.0267. The van der Waals surface area contributed by atoms with Gasteiger partial charge in [-0.15, -0.1) is 0 Å². The number of para-hydroxylation sites is 1. The van der Waals surface area contributed by atoms with E-state index in [1.54, 1.807) is 9.80 Å². The molecular weight excluding hydrogens is 424 g/mol. The van der Waals surface area contributed by atoms with E-state index in [0.717, 1.165) is 18.8 Å². The molecule has 6 nitrogen and oxygen atoms in total. The number of benzene rings is 3. The highest BCUT2D eigenvalue weighted by Crippen LogP contribution is 2.29. The zero-order chi connectivity index (χ0) is 23.3. The van der Waals surface area contributed by atoms with Crippen LogP contribution in [0.1, 0.15) is 17.2 Å². The first-order valence-electron chi connectivity index (χ1n) is 11.9. The van der Waals surface area contributed by atoms with Crippen LogP contribution in [0.5, 0.6) is 0 Å². The third-order valence-electron chi connectivity index (χ3n) is 6.75. The van der Waals surface area contributed by atoms with Crippen LogP contribution in [0, 0.1) is 0 Å². The molecule has 0 bridgehead atoms. The van der Waals surface area contributed by atoms with Gasteiger partial charge in [0.2, 0.25) is 5.91 Å². The van der Waals surface area contributed by atoms with Crippen molar-refractivity contribution in [3.05, 3.63) is 102 Å². The Morgan fingerprint density at radius 1 is 0.676 bits per heavy atom. The number of rotatable bonds is 6. The van der Waals surface area contributed by atoms with E-state index in [1.165, 1.54) is 11.1 Å². The summed E-state index contributed by atoms with van der Waals surface area (Å²) in [6.45, 7) is 4.25. The second kappa shape index (κ2) is 10.1. The number of carbonyl (C=O) groups is 2. The van der Waals surface area contributed by atoms with Gasteiger partial charge >= 0.3 is 6.03 Å². The molecule has 2 aliphatic rings. The third kappa shape index (κ3) is 4.68. The monoisotopic (exact) mass is 454 g/mol. The van der Waals surface area contributed by atoms with Gasteiger partial charge in [0.15, 0.2) is 0 Å². The molecule has 3 aromatic carbocycles. The number of carbonyl (C=O) groups excluding carboxylic acids is 2. The van der Waals surface area contributed by atoms with Crippen molar-refractivity contribution in [2.75, 3.05) is 50.7 Å². The van der Waals surface area contributed by atoms with Crippen molar-refractivity contribution in [3.8, 4) is 0 Å². The van der Waals surface area contributed by atoms with E-state index in [9.17, 15) is 9.59 Å². The summed E-state index contributed by atoms with van der Waals surface area (Å²) in [5.41, 5.74) is 3.40. The molecule has 0 aromatic heterocycles. The van der Waals surface area contributed by atoms with Crippen LogP contribution in [0.2, 0.25) is 0 Å². The third-order valence-corrected chi connectivity index (χ3v) is 6.75. The van der Waals surface area contributed by atoms with E-state index < -0.39 is 0 Å². The maximum Gasteiger partial charge on any atom is 0.325 e. The number of hydrogen-bond donors (Lipinski definition) is 0. The highest BCUT2D eigenvalue weighted by molar-refractivity contribution is 5.96.